The lowest BCUT2D eigenvalue weighted by Gasteiger charge is -1.90. The molecule has 0 aliphatic carbocycles. The van der Waals surface area contributed by atoms with Crippen LogP contribution in [-0.4, -0.2) is 4.98 Å². The summed E-state index contributed by atoms with van der Waals surface area (Å²) in [5, 5.41) is 8.55. The van der Waals surface area contributed by atoms with Crippen molar-refractivity contribution in [1.82, 2.24) is 4.98 Å². The number of aryl methyl sites for hydroxylation is 1. The van der Waals surface area contributed by atoms with Gasteiger partial charge in [-0.3, -0.25) is 0 Å². The molecule has 0 radical (unpaired) electrons. The van der Waals surface area contributed by atoms with Crippen molar-refractivity contribution >= 4 is 0 Å². The highest BCUT2D eigenvalue weighted by Gasteiger charge is 1.98. The van der Waals surface area contributed by atoms with Gasteiger partial charge in [0.2, 0.25) is 0 Å². The lowest BCUT2D eigenvalue weighted by Crippen LogP contribution is -1.83. The van der Waals surface area contributed by atoms with E-state index in [2.05, 4.69) is 18.0 Å². The fraction of sp³-hybridized carbons (Fsp3) is 0.375. The standard InChI is InChI=1S/C8H10N2/c1-2-3-7-4-5-10-8(7)6-9/h4-5,10H,2-3H2,1H3. The van der Waals surface area contributed by atoms with Crippen LogP contribution >= 0.6 is 0 Å². The molecule has 0 spiro atoms. The van der Waals surface area contributed by atoms with Crippen molar-refractivity contribution in [2.75, 3.05) is 0 Å². The van der Waals surface area contributed by atoms with Gasteiger partial charge in [-0.15, -0.1) is 0 Å². The van der Waals surface area contributed by atoms with E-state index in [1.54, 1.807) is 0 Å². The summed E-state index contributed by atoms with van der Waals surface area (Å²) < 4.78 is 0. The number of nitrogens with one attached hydrogen (secondary N) is 1. The van der Waals surface area contributed by atoms with Crippen molar-refractivity contribution in [3.63, 3.8) is 0 Å². The fourth-order valence-corrected chi connectivity index (χ4v) is 0.983. The zero-order chi connectivity index (χ0) is 7.40. The second kappa shape index (κ2) is 3.07. The minimum Gasteiger partial charge on any atom is -0.353 e. The first-order valence-corrected chi connectivity index (χ1v) is 3.44. The maximum Gasteiger partial charge on any atom is 0.120 e. The largest absolute Gasteiger partial charge is 0.353 e. The van der Waals surface area contributed by atoms with Crippen molar-refractivity contribution in [2.45, 2.75) is 19.8 Å². The van der Waals surface area contributed by atoms with Crippen LogP contribution < -0.4 is 0 Å². The first-order valence-electron chi connectivity index (χ1n) is 3.44. The Labute approximate surface area is 60.5 Å². The van der Waals surface area contributed by atoms with Crippen molar-refractivity contribution in [2.24, 2.45) is 0 Å². The lowest BCUT2D eigenvalue weighted by atomic mass is 10.1. The highest BCUT2D eigenvalue weighted by Crippen LogP contribution is 2.06. The molecule has 0 unspecified atom stereocenters. The molecule has 0 aliphatic heterocycles. The molecule has 0 saturated heterocycles. The van der Waals surface area contributed by atoms with Gasteiger partial charge in [0.1, 0.15) is 11.8 Å². The molecule has 0 saturated carbocycles. The first-order chi connectivity index (χ1) is 4.88. The number of hydrogen-bond acceptors (Lipinski definition) is 1. The quantitative estimate of drug-likeness (QED) is 0.658. The topological polar surface area (TPSA) is 39.6 Å². The molecule has 0 amide bonds. The summed E-state index contributed by atoms with van der Waals surface area (Å²) in [7, 11) is 0. The molecule has 0 atom stereocenters. The summed E-state index contributed by atoms with van der Waals surface area (Å²) in [4.78, 5) is 2.88. The number of nitriles is 1. The Hall–Kier alpha value is -1.23. The van der Waals surface area contributed by atoms with E-state index < -0.39 is 0 Å². The van der Waals surface area contributed by atoms with Crippen LogP contribution in [-0.2, 0) is 6.42 Å². The normalized spacial score (nSPS) is 9.20. The highest BCUT2D eigenvalue weighted by molar-refractivity contribution is 5.31. The minimum absolute atomic E-state index is 0.710. The van der Waals surface area contributed by atoms with Crippen LogP contribution in [0.15, 0.2) is 12.3 Å². The van der Waals surface area contributed by atoms with Crippen LogP contribution in [0.1, 0.15) is 24.6 Å². The van der Waals surface area contributed by atoms with Crippen LogP contribution in [0.25, 0.3) is 0 Å². The van der Waals surface area contributed by atoms with Gasteiger partial charge in [-0.2, -0.15) is 5.26 Å². The molecule has 0 aromatic carbocycles. The smallest absolute Gasteiger partial charge is 0.120 e. The van der Waals surface area contributed by atoms with E-state index >= 15 is 0 Å². The summed E-state index contributed by atoms with van der Waals surface area (Å²) in [5.41, 5.74) is 1.84. The summed E-state index contributed by atoms with van der Waals surface area (Å²) in [6, 6.07) is 4.07. The molecule has 1 N–H and O–H groups in total. The van der Waals surface area contributed by atoms with E-state index in [9.17, 15) is 0 Å². The number of aromatic amines is 1. The maximum absolute atomic E-state index is 8.55. The molecule has 10 heavy (non-hydrogen) atoms. The van der Waals surface area contributed by atoms with Crippen molar-refractivity contribution in [1.29, 1.82) is 5.26 Å². The molecule has 0 aliphatic rings. The Morgan fingerprint density at radius 3 is 3.10 bits per heavy atom. The molecule has 1 rings (SSSR count). The van der Waals surface area contributed by atoms with Crippen molar-refractivity contribution in [3.8, 4) is 6.07 Å². The second-order valence-corrected chi connectivity index (χ2v) is 2.24. The van der Waals surface area contributed by atoms with E-state index in [1.165, 1.54) is 0 Å². The number of aromatic nitrogens is 1. The number of nitrogens with zero attached hydrogens (tertiary/aromatic N) is 1. The predicted molar refractivity (Wildman–Crippen MR) is 39.5 cm³/mol. The van der Waals surface area contributed by atoms with E-state index in [4.69, 9.17) is 5.26 Å². The number of hydrogen-bond donors (Lipinski definition) is 1. The molecule has 52 valence electrons. The zero-order valence-corrected chi connectivity index (χ0v) is 6.02. The van der Waals surface area contributed by atoms with Crippen molar-refractivity contribution in [3.05, 3.63) is 23.5 Å². The predicted octanol–water partition coefficient (Wildman–Crippen LogP) is 1.84. The van der Waals surface area contributed by atoms with Crippen molar-refractivity contribution < 1.29 is 0 Å². The molecule has 2 heteroatoms. The Morgan fingerprint density at radius 2 is 2.50 bits per heavy atom. The molecule has 1 aromatic rings. The van der Waals surface area contributed by atoms with E-state index in [1.807, 2.05) is 12.3 Å². The van der Waals surface area contributed by atoms with Gasteiger partial charge in [0.05, 0.1) is 0 Å². The Bertz CT molecular complexity index is 242. The molecule has 1 aromatic heterocycles. The third-order valence-electron chi connectivity index (χ3n) is 1.46. The third-order valence-corrected chi connectivity index (χ3v) is 1.46. The lowest BCUT2D eigenvalue weighted by molar-refractivity contribution is 0.919. The Morgan fingerprint density at radius 1 is 1.70 bits per heavy atom. The van der Waals surface area contributed by atoms with Crippen LogP contribution in [0.4, 0.5) is 0 Å². The SMILES string of the molecule is CCCc1cc[nH]c1C#N. The molecular weight excluding hydrogens is 124 g/mol. The average Bonchev–Trinajstić information content (AvgIpc) is 2.36. The van der Waals surface area contributed by atoms with Gasteiger partial charge in [0, 0.05) is 6.20 Å². The van der Waals surface area contributed by atoms with Crippen LogP contribution in [0.2, 0.25) is 0 Å². The van der Waals surface area contributed by atoms with Crippen LogP contribution in [0.5, 0.6) is 0 Å². The summed E-state index contributed by atoms with van der Waals surface area (Å²) >= 11 is 0. The van der Waals surface area contributed by atoms with Gasteiger partial charge in [0.25, 0.3) is 0 Å². The molecule has 0 fully saturated rings. The molecule has 0 bridgehead atoms. The maximum atomic E-state index is 8.55. The van der Waals surface area contributed by atoms with Crippen LogP contribution in [0.3, 0.4) is 0 Å². The monoisotopic (exact) mass is 134 g/mol. The van der Waals surface area contributed by atoms with Gasteiger partial charge in [0.15, 0.2) is 0 Å². The summed E-state index contributed by atoms with van der Waals surface area (Å²) in [6.45, 7) is 2.11. The molecule has 1 heterocycles. The number of rotatable bonds is 2. The van der Waals surface area contributed by atoms with Gasteiger partial charge >= 0.3 is 0 Å². The Kier molecular flexibility index (Phi) is 2.11. The van der Waals surface area contributed by atoms with Gasteiger partial charge in [-0.25, -0.2) is 0 Å². The average molecular weight is 134 g/mol. The van der Waals surface area contributed by atoms with Gasteiger partial charge in [-0.1, -0.05) is 13.3 Å². The molecular formula is C8H10N2. The minimum atomic E-state index is 0.710. The van der Waals surface area contributed by atoms with E-state index in [-0.39, 0.29) is 0 Å². The van der Waals surface area contributed by atoms with E-state index in [0.717, 1.165) is 18.4 Å². The third kappa shape index (κ3) is 1.19. The first kappa shape index (κ1) is 6.88. The summed E-state index contributed by atoms with van der Waals surface area (Å²) in [6.07, 6.45) is 3.89. The highest BCUT2D eigenvalue weighted by atomic mass is 14.7. The number of H-pyrrole nitrogens is 1. The Balaban J connectivity index is 2.82. The fourth-order valence-electron chi connectivity index (χ4n) is 0.983. The molecule has 2 nitrogen and oxygen atoms in total. The van der Waals surface area contributed by atoms with E-state index in [0.29, 0.717) is 5.69 Å². The van der Waals surface area contributed by atoms with Gasteiger partial charge < -0.3 is 4.98 Å². The zero-order valence-electron chi connectivity index (χ0n) is 6.02. The van der Waals surface area contributed by atoms with Gasteiger partial charge in [-0.05, 0) is 18.1 Å². The summed E-state index contributed by atoms with van der Waals surface area (Å²) in [5.74, 6) is 0. The van der Waals surface area contributed by atoms with Crippen LogP contribution in [0, 0.1) is 11.3 Å². The second-order valence-electron chi connectivity index (χ2n) is 2.24.